The summed E-state index contributed by atoms with van der Waals surface area (Å²) in [6.07, 6.45) is 40.5. The first kappa shape index (κ1) is 56.1. The van der Waals surface area contributed by atoms with Crippen molar-refractivity contribution in [1.82, 2.24) is 5.32 Å². The number of unbranched alkanes of at least 4 members (excludes halogenated alkanes) is 23. The molecule has 0 radical (unpaired) electrons. The van der Waals surface area contributed by atoms with Crippen molar-refractivity contribution in [3.05, 3.63) is 48.6 Å². The van der Waals surface area contributed by atoms with E-state index in [1.807, 2.05) is 6.08 Å². The highest BCUT2D eigenvalue weighted by molar-refractivity contribution is 5.80. The van der Waals surface area contributed by atoms with Gasteiger partial charge < -0.3 is 45.4 Å². The van der Waals surface area contributed by atoms with E-state index in [-0.39, 0.29) is 6.61 Å². The first-order valence-electron chi connectivity index (χ1n) is 24.5. The van der Waals surface area contributed by atoms with Crippen LogP contribution < -0.4 is 5.32 Å². The smallest absolute Gasteiger partial charge is 0.249 e. The van der Waals surface area contributed by atoms with Crippen LogP contribution >= 0.6 is 0 Å². The summed E-state index contributed by atoms with van der Waals surface area (Å²) >= 11 is 0. The zero-order chi connectivity index (χ0) is 43.9. The highest BCUT2D eigenvalue weighted by Crippen LogP contribution is 2.22. The van der Waals surface area contributed by atoms with Gasteiger partial charge in [-0.3, -0.25) is 4.79 Å². The van der Waals surface area contributed by atoms with Gasteiger partial charge in [-0.05, 0) is 70.6 Å². The minimum Gasteiger partial charge on any atom is -0.394 e. The van der Waals surface area contributed by atoms with Crippen LogP contribution in [0.5, 0.6) is 0 Å². The van der Waals surface area contributed by atoms with Gasteiger partial charge in [-0.2, -0.15) is 0 Å². The van der Waals surface area contributed by atoms with Crippen LogP contribution in [-0.4, -0.2) is 98.7 Å². The maximum absolute atomic E-state index is 13.1. The van der Waals surface area contributed by atoms with Crippen LogP contribution in [0, 0.1) is 0 Å². The SMILES string of the molecule is CCCCCCCCC/C=C/CC/C=C/CC/C=C/C(O)C(COC1OC(CO)C(O)C(O)C1O)NC(=O)C(O)CCCCCCCC/C=C\CCCCCCCCCC. The van der Waals surface area contributed by atoms with E-state index in [0.717, 1.165) is 51.4 Å². The third kappa shape index (κ3) is 29.4. The summed E-state index contributed by atoms with van der Waals surface area (Å²) in [5.74, 6) is -0.636. The van der Waals surface area contributed by atoms with Gasteiger partial charge in [0.1, 0.15) is 30.5 Å². The molecule has 10 heteroatoms. The van der Waals surface area contributed by atoms with Crippen molar-refractivity contribution in [3.8, 4) is 0 Å². The number of hydrogen-bond acceptors (Lipinski definition) is 9. The zero-order valence-corrected chi connectivity index (χ0v) is 38.1. The Kier molecular flexibility index (Phi) is 37.3. The largest absolute Gasteiger partial charge is 0.394 e. The second-order valence-corrected chi connectivity index (χ2v) is 17.0. The average Bonchev–Trinajstić information content (AvgIpc) is 3.25. The molecule has 60 heavy (non-hydrogen) atoms. The molecule has 0 aliphatic carbocycles. The average molecular weight is 850 g/mol. The molecule has 0 aromatic rings. The number of aliphatic hydroxyl groups is 6. The van der Waals surface area contributed by atoms with Gasteiger partial charge in [0.15, 0.2) is 6.29 Å². The van der Waals surface area contributed by atoms with Gasteiger partial charge >= 0.3 is 0 Å². The first-order valence-corrected chi connectivity index (χ1v) is 24.5. The van der Waals surface area contributed by atoms with Gasteiger partial charge in [-0.25, -0.2) is 0 Å². The topological polar surface area (TPSA) is 169 Å². The number of carbonyl (C=O) groups is 1. The second kappa shape index (κ2) is 39.9. The van der Waals surface area contributed by atoms with E-state index in [4.69, 9.17) is 9.47 Å². The third-order valence-electron chi connectivity index (χ3n) is 11.5. The molecule has 0 bridgehead atoms. The normalized spacial score (nSPS) is 21.5. The Bertz CT molecular complexity index is 1100. The van der Waals surface area contributed by atoms with E-state index >= 15 is 0 Å². The van der Waals surface area contributed by atoms with Crippen LogP contribution in [0.2, 0.25) is 0 Å². The molecule has 1 rings (SSSR count). The van der Waals surface area contributed by atoms with Crippen molar-refractivity contribution in [1.29, 1.82) is 0 Å². The van der Waals surface area contributed by atoms with Crippen molar-refractivity contribution >= 4 is 5.91 Å². The van der Waals surface area contributed by atoms with Crippen LogP contribution in [0.4, 0.5) is 0 Å². The monoisotopic (exact) mass is 850 g/mol. The maximum atomic E-state index is 13.1. The van der Waals surface area contributed by atoms with E-state index in [0.29, 0.717) is 19.3 Å². The Morgan fingerprint density at radius 2 is 0.983 bits per heavy atom. The number of ether oxygens (including phenoxy) is 2. The fourth-order valence-electron chi connectivity index (χ4n) is 7.42. The van der Waals surface area contributed by atoms with Crippen molar-refractivity contribution in [2.45, 2.75) is 249 Å². The quantitative estimate of drug-likeness (QED) is 0.0235. The lowest BCUT2D eigenvalue weighted by molar-refractivity contribution is -0.302. The highest BCUT2D eigenvalue weighted by Gasteiger charge is 2.44. The van der Waals surface area contributed by atoms with Crippen molar-refractivity contribution in [3.63, 3.8) is 0 Å². The summed E-state index contributed by atoms with van der Waals surface area (Å²) in [6.45, 7) is 3.57. The molecule has 8 unspecified atom stereocenters. The molecule has 0 aromatic carbocycles. The molecule has 1 aliphatic heterocycles. The summed E-state index contributed by atoms with van der Waals surface area (Å²) < 4.78 is 11.1. The lowest BCUT2D eigenvalue weighted by Gasteiger charge is -2.40. The number of amides is 1. The number of nitrogens with one attached hydrogen (secondary N) is 1. The van der Waals surface area contributed by atoms with Gasteiger partial charge in [-0.1, -0.05) is 178 Å². The number of hydrogen-bond donors (Lipinski definition) is 7. The fraction of sp³-hybridized carbons (Fsp3) is 0.820. The lowest BCUT2D eigenvalue weighted by Crippen LogP contribution is -2.60. The van der Waals surface area contributed by atoms with Crippen LogP contribution in [0.15, 0.2) is 48.6 Å². The minimum atomic E-state index is -1.62. The van der Waals surface area contributed by atoms with Gasteiger partial charge in [0.25, 0.3) is 0 Å². The summed E-state index contributed by atoms with van der Waals surface area (Å²) in [5.41, 5.74) is 0. The molecule has 0 saturated carbocycles. The maximum Gasteiger partial charge on any atom is 0.249 e. The standard InChI is InChI=1S/C50H91NO9/c1-3-5-7-9-11-13-15-17-19-21-23-25-27-29-31-33-35-37-39-44(54)49(58)51-42(41-59-50-48(57)47(56)46(55)45(40-52)60-50)43(53)38-36-34-32-30-28-26-24-22-20-18-16-14-12-10-8-6-4-2/h20-23,28,30,36,38,42-48,50,52-57H,3-19,24-27,29,31-35,37,39-41H2,1-2H3,(H,51,58)/b22-20+,23-21-,30-28+,38-36+. The van der Waals surface area contributed by atoms with Crippen molar-refractivity contribution < 1.29 is 44.9 Å². The molecule has 1 aliphatic rings. The van der Waals surface area contributed by atoms with E-state index in [1.165, 1.54) is 116 Å². The second-order valence-electron chi connectivity index (χ2n) is 17.0. The van der Waals surface area contributed by atoms with E-state index < -0.39 is 61.5 Å². The number of allylic oxidation sites excluding steroid dienone is 7. The minimum absolute atomic E-state index is 0.293. The van der Waals surface area contributed by atoms with E-state index in [9.17, 15) is 35.4 Å². The van der Waals surface area contributed by atoms with Gasteiger partial charge in [0.05, 0.1) is 25.4 Å². The van der Waals surface area contributed by atoms with E-state index in [1.54, 1.807) is 6.08 Å². The Balaban J connectivity index is 2.43. The molecule has 7 N–H and O–H groups in total. The number of rotatable bonds is 40. The van der Waals surface area contributed by atoms with E-state index in [2.05, 4.69) is 55.6 Å². The molecular weight excluding hydrogens is 759 g/mol. The van der Waals surface area contributed by atoms with Crippen LogP contribution in [-0.2, 0) is 14.3 Å². The van der Waals surface area contributed by atoms with Gasteiger partial charge in [0, 0.05) is 0 Å². The first-order chi connectivity index (χ1) is 29.3. The van der Waals surface area contributed by atoms with Crippen LogP contribution in [0.1, 0.15) is 200 Å². The Morgan fingerprint density at radius 1 is 0.567 bits per heavy atom. The molecule has 1 saturated heterocycles. The highest BCUT2D eigenvalue weighted by atomic mass is 16.7. The molecule has 0 spiro atoms. The summed E-state index contributed by atoms with van der Waals surface area (Å²) in [4.78, 5) is 13.1. The Hall–Kier alpha value is -1.89. The molecule has 10 nitrogen and oxygen atoms in total. The predicted molar refractivity (Wildman–Crippen MR) is 245 cm³/mol. The zero-order valence-electron chi connectivity index (χ0n) is 38.1. The molecule has 1 amide bonds. The fourth-order valence-corrected chi connectivity index (χ4v) is 7.42. The predicted octanol–water partition coefficient (Wildman–Crippen LogP) is 9.59. The summed E-state index contributed by atoms with van der Waals surface area (Å²) in [7, 11) is 0. The van der Waals surface area contributed by atoms with Gasteiger partial charge in [-0.15, -0.1) is 0 Å². The number of aliphatic hydroxyl groups excluding tert-OH is 6. The molecule has 350 valence electrons. The molecule has 1 fully saturated rings. The Labute approximate surface area is 366 Å². The third-order valence-corrected chi connectivity index (χ3v) is 11.5. The van der Waals surface area contributed by atoms with Crippen LogP contribution in [0.3, 0.4) is 0 Å². The molecule has 1 heterocycles. The number of carbonyl (C=O) groups excluding carboxylic acids is 1. The van der Waals surface area contributed by atoms with Gasteiger partial charge in [0.2, 0.25) is 5.91 Å². The molecule has 0 aromatic heterocycles. The van der Waals surface area contributed by atoms with Crippen molar-refractivity contribution in [2.24, 2.45) is 0 Å². The lowest BCUT2D eigenvalue weighted by atomic mass is 9.99. The molecular formula is C50H91NO9. The van der Waals surface area contributed by atoms with Crippen molar-refractivity contribution in [2.75, 3.05) is 13.2 Å². The summed E-state index contributed by atoms with van der Waals surface area (Å²) in [6, 6.07) is -1.01. The Morgan fingerprint density at radius 3 is 1.45 bits per heavy atom. The molecule has 8 atom stereocenters. The van der Waals surface area contributed by atoms with Crippen LogP contribution in [0.25, 0.3) is 0 Å². The summed E-state index contributed by atoms with van der Waals surface area (Å²) in [5, 5.41) is 64.7.